The molecule has 0 spiro atoms. The molecule has 0 N–H and O–H groups in total. The Labute approximate surface area is 103 Å². The van der Waals surface area contributed by atoms with Crippen LogP contribution in [0.1, 0.15) is 29.6 Å². The molecule has 0 amide bonds. The lowest BCUT2D eigenvalue weighted by Gasteiger charge is -2.24. The quantitative estimate of drug-likeness (QED) is 0.809. The van der Waals surface area contributed by atoms with Gasteiger partial charge in [0.1, 0.15) is 0 Å². The van der Waals surface area contributed by atoms with Crippen molar-refractivity contribution < 1.29 is 18.0 Å². The van der Waals surface area contributed by atoms with Gasteiger partial charge in [0.05, 0.1) is 6.42 Å². The monoisotopic (exact) mass is 257 g/mol. The van der Waals surface area contributed by atoms with E-state index in [1.54, 1.807) is 29.2 Å². The van der Waals surface area contributed by atoms with Crippen LogP contribution in [0.25, 0.3) is 0 Å². The number of ketones is 1. The van der Waals surface area contributed by atoms with Crippen LogP contribution in [-0.2, 0) is 0 Å². The molecule has 1 aliphatic heterocycles. The smallest absolute Gasteiger partial charge is 0.371 e. The Morgan fingerprint density at radius 3 is 2.67 bits per heavy atom. The first-order valence-electron chi connectivity index (χ1n) is 5.91. The van der Waals surface area contributed by atoms with Crippen molar-refractivity contribution in [1.29, 1.82) is 0 Å². The molecule has 2 rings (SSSR count). The van der Waals surface area contributed by atoms with Gasteiger partial charge in [0.25, 0.3) is 0 Å². The number of hydrogen-bond acceptors (Lipinski definition) is 2. The van der Waals surface area contributed by atoms with Gasteiger partial charge in [-0.05, 0) is 18.6 Å². The van der Waals surface area contributed by atoms with Crippen molar-refractivity contribution >= 4 is 11.5 Å². The summed E-state index contributed by atoms with van der Waals surface area (Å²) in [6, 6.07) is 6.89. The van der Waals surface area contributed by atoms with Crippen LogP contribution < -0.4 is 4.90 Å². The van der Waals surface area contributed by atoms with Gasteiger partial charge in [-0.15, -0.1) is 0 Å². The van der Waals surface area contributed by atoms with Crippen molar-refractivity contribution in [2.75, 3.05) is 18.0 Å². The Balaban J connectivity index is 2.21. The van der Waals surface area contributed by atoms with Gasteiger partial charge in [0, 0.05) is 30.8 Å². The molecule has 1 aromatic rings. The van der Waals surface area contributed by atoms with Crippen molar-refractivity contribution in [3.63, 3.8) is 0 Å². The number of carbonyl (C=O) groups excluding carboxylic acids is 1. The van der Waals surface area contributed by atoms with Gasteiger partial charge in [0.15, 0.2) is 5.78 Å². The second-order valence-electron chi connectivity index (χ2n) is 4.40. The van der Waals surface area contributed by atoms with E-state index in [1.807, 2.05) is 0 Å². The zero-order valence-electron chi connectivity index (χ0n) is 9.83. The third kappa shape index (κ3) is 3.03. The molecule has 1 heterocycles. The van der Waals surface area contributed by atoms with Gasteiger partial charge in [-0.2, -0.15) is 13.2 Å². The molecule has 1 aliphatic rings. The van der Waals surface area contributed by atoms with E-state index in [9.17, 15) is 18.0 Å². The number of para-hydroxylation sites is 1. The number of fused-ring (bicyclic) bond motifs is 1. The maximum Gasteiger partial charge on any atom is 0.390 e. The van der Waals surface area contributed by atoms with Crippen LogP contribution >= 0.6 is 0 Å². The third-order valence-electron chi connectivity index (χ3n) is 3.04. The average Bonchev–Trinajstić information content (AvgIpc) is 2.46. The molecule has 0 fully saturated rings. The highest BCUT2D eigenvalue weighted by atomic mass is 19.4. The van der Waals surface area contributed by atoms with E-state index in [0.29, 0.717) is 30.6 Å². The minimum Gasteiger partial charge on any atom is -0.371 e. The first-order chi connectivity index (χ1) is 8.47. The number of benzene rings is 1. The highest BCUT2D eigenvalue weighted by Crippen LogP contribution is 2.28. The largest absolute Gasteiger partial charge is 0.390 e. The van der Waals surface area contributed by atoms with Crippen LogP contribution in [-0.4, -0.2) is 25.0 Å². The van der Waals surface area contributed by atoms with Gasteiger partial charge in [0.2, 0.25) is 0 Å². The number of halogens is 3. The van der Waals surface area contributed by atoms with Crippen LogP contribution in [0.2, 0.25) is 0 Å². The second-order valence-corrected chi connectivity index (χ2v) is 4.40. The van der Waals surface area contributed by atoms with Gasteiger partial charge < -0.3 is 4.90 Å². The summed E-state index contributed by atoms with van der Waals surface area (Å²) in [6.45, 7) is 0.409. The minimum atomic E-state index is -4.16. The lowest BCUT2D eigenvalue weighted by Crippen LogP contribution is -2.28. The summed E-state index contributed by atoms with van der Waals surface area (Å²) in [4.78, 5) is 13.5. The van der Waals surface area contributed by atoms with Gasteiger partial charge >= 0.3 is 6.18 Å². The van der Waals surface area contributed by atoms with E-state index in [-0.39, 0.29) is 12.3 Å². The van der Waals surface area contributed by atoms with Crippen molar-refractivity contribution in [1.82, 2.24) is 0 Å². The van der Waals surface area contributed by atoms with Crippen LogP contribution in [0, 0.1) is 0 Å². The second kappa shape index (κ2) is 5.00. The summed E-state index contributed by atoms with van der Waals surface area (Å²) in [7, 11) is 0. The highest BCUT2D eigenvalue weighted by molar-refractivity contribution is 6.01. The van der Waals surface area contributed by atoms with Crippen LogP contribution in [0.4, 0.5) is 18.9 Å². The normalized spacial score (nSPS) is 16.4. The molecule has 0 bridgehead atoms. The lowest BCUT2D eigenvalue weighted by molar-refractivity contribution is -0.132. The van der Waals surface area contributed by atoms with E-state index < -0.39 is 12.6 Å². The number of alkyl halides is 3. The first-order valence-corrected chi connectivity index (χ1v) is 5.91. The van der Waals surface area contributed by atoms with Crippen molar-refractivity contribution in [3.05, 3.63) is 29.8 Å². The van der Waals surface area contributed by atoms with Gasteiger partial charge in [-0.3, -0.25) is 4.79 Å². The Morgan fingerprint density at radius 1 is 1.22 bits per heavy atom. The lowest BCUT2D eigenvalue weighted by atomic mass is 10.1. The molecule has 0 saturated carbocycles. The highest BCUT2D eigenvalue weighted by Gasteiger charge is 2.29. The summed E-state index contributed by atoms with van der Waals surface area (Å²) in [5.74, 6) is 0.0140. The predicted molar refractivity (Wildman–Crippen MR) is 62.9 cm³/mol. The minimum absolute atomic E-state index is 0.0140. The summed E-state index contributed by atoms with van der Waals surface area (Å²) in [5.41, 5.74) is 1.17. The molecular formula is C13H14F3NO. The molecule has 18 heavy (non-hydrogen) atoms. The third-order valence-corrected chi connectivity index (χ3v) is 3.04. The van der Waals surface area contributed by atoms with Gasteiger partial charge in [-0.1, -0.05) is 12.1 Å². The molecule has 0 unspecified atom stereocenters. The van der Waals surface area contributed by atoms with Crippen LogP contribution in [0.5, 0.6) is 0 Å². The molecule has 1 aromatic carbocycles. The molecule has 5 heteroatoms. The fraction of sp³-hybridized carbons (Fsp3) is 0.462. The first kappa shape index (κ1) is 12.9. The fourth-order valence-corrected chi connectivity index (χ4v) is 2.16. The Bertz CT molecular complexity index is 442. The van der Waals surface area contributed by atoms with Crippen molar-refractivity contribution in [2.45, 2.75) is 25.4 Å². The zero-order chi connectivity index (χ0) is 13.2. The average molecular weight is 257 g/mol. The van der Waals surface area contributed by atoms with E-state index in [4.69, 9.17) is 0 Å². The summed E-state index contributed by atoms with van der Waals surface area (Å²) in [6.07, 6.45) is -4.01. The topological polar surface area (TPSA) is 20.3 Å². The molecule has 98 valence electrons. The Morgan fingerprint density at radius 2 is 1.94 bits per heavy atom. The number of Topliss-reactive ketones (excluding diaryl/α,β-unsaturated/α-hetero) is 1. The molecule has 0 aliphatic carbocycles. The Hall–Kier alpha value is -1.52. The number of rotatable bonds is 2. The zero-order valence-corrected chi connectivity index (χ0v) is 9.83. The number of nitrogens with zero attached hydrogens (tertiary/aromatic N) is 1. The summed E-state index contributed by atoms with van der Waals surface area (Å²) < 4.78 is 36.8. The molecule has 0 aromatic heterocycles. The predicted octanol–water partition coefficient (Wildman–Crippen LogP) is 3.42. The molecule has 0 saturated heterocycles. The van der Waals surface area contributed by atoms with E-state index in [0.717, 1.165) is 0 Å². The standard InChI is InChI=1S/C13H14F3NO/c14-13(15,16)7-9-17-8-3-6-12(18)10-4-1-2-5-11(10)17/h1-2,4-5H,3,6-9H2. The molecule has 0 atom stereocenters. The van der Waals surface area contributed by atoms with E-state index in [2.05, 4.69) is 0 Å². The number of carbonyl (C=O) groups is 1. The van der Waals surface area contributed by atoms with Crippen LogP contribution in [0.15, 0.2) is 24.3 Å². The summed E-state index contributed by atoms with van der Waals surface area (Å²) >= 11 is 0. The molecule has 0 radical (unpaired) electrons. The Kier molecular flexibility index (Phi) is 3.59. The summed E-state index contributed by atoms with van der Waals surface area (Å²) in [5, 5.41) is 0. The van der Waals surface area contributed by atoms with Crippen LogP contribution in [0.3, 0.4) is 0 Å². The van der Waals surface area contributed by atoms with Gasteiger partial charge in [-0.25, -0.2) is 0 Å². The van der Waals surface area contributed by atoms with E-state index in [1.165, 1.54) is 0 Å². The number of anilines is 1. The van der Waals surface area contributed by atoms with E-state index >= 15 is 0 Å². The van der Waals surface area contributed by atoms with Crippen molar-refractivity contribution in [2.24, 2.45) is 0 Å². The maximum absolute atomic E-state index is 12.3. The van der Waals surface area contributed by atoms with Crippen molar-refractivity contribution in [3.8, 4) is 0 Å². The molecular weight excluding hydrogens is 243 g/mol. The molecule has 2 nitrogen and oxygen atoms in total. The maximum atomic E-state index is 12.3. The number of hydrogen-bond donors (Lipinski definition) is 0. The fourth-order valence-electron chi connectivity index (χ4n) is 2.16. The SMILES string of the molecule is O=C1CCCN(CCC(F)(F)F)c2ccccc21.